The van der Waals surface area contributed by atoms with E-state index < -0.39 is 10.0 Å². The third kappa shape index (κ3) is 3.64. The summed E-state index contributed by atoms with van der Waals surface area (Å²) in [6, 6.07) is 0.105. The van der Waals surface area contributed by atoms with Crippen LogP contribution < -0.4 is 10.0 Å². The highest BCUT2D eigenvalue weighted by Crippen LogP contribution is 2.15. The zero-order valence-corrected chi connectivity index (χ0v) is 11.3. The standard InChI is InChI=1S/C11H23N3O2S/c1-14-8-2-3-10(9-14)13-17(15,16)11-4-6-12-7-5-11/h10-13H,2-9H2,1H3. The van der Waals surface area contributed by atoms with Crippen molar-refractivity contribution < 1.29 is 8.42 Å². The average molecular weight is 261 g/mol. The summed E-state index contributed by atoms with van der Waals surface area (Å²) in [5.74, 6) is 0. The molecule has 5 nitrogen and oxygen atoms in total. The summed E-state index contributed by atoms with van der Waals surface area (Å²) >= 11 is 0. The van der Waals surface area contributed by atoms with E-state index in [1.54, 1.807) is 0 Å². The van der Waals surface area contributed by atoms with Crippen LogP contribution in [-0.2, 0) is 10.0 Å². The van der Waals surface area contributed by atoms with Gasteiger partial charge in [0.15, 0.2) is 0 Å². The van der Waals surface area contributed by atoms with Gasteiger partial charge in [-0.1, -0.05) is 0 Å². The monoisotopic (exact) mass is 261 g/mol. The van der Waals surface area contributed by atoms with Gasteiger partial charge in [-0.25, -0.2) is 13.1 Å². The Morgan fingerprint density at radius 2 is 1.94 bits per heavy atom. The Morgan fingerprint density at radius 3 is 2.59 bits per heavy atom. The predicted molar refractivity (Wildman–Crippen MR) is 68.5 cm³/mol. The van der Waals surface area contributed by atoms with E-state index in [4.69, 9.17) is 0 Å². The highest BCUT2D eigenvalue weighted by Gasteiger charge is 2.30. The summed E-state index contributed by atoms with van der Waals surface area (Å²) in [7, 11) is -1.08. The molecular formula is C11H23N3O2S. The summed E-state index contributed by atoms with van der Waals surface area (Å²) < 4.78 is 27.3. The number of likely N-dealkylation sites (tertiary alicyclic amines) is 1. The van der Waals surface area contributed by atoms with Crippen molar-refractivity contribution in [1.82, 2.24) is 14.9 Å². The van der Waals surface area contributed by atoms with Gasteiger partial charge < -0.3 is 10.2 Å². The lowest BCUT2D eigenvalue weighted by molar-refractivity contribution is 0.242. The van der Waals surface area contributed by atoms with Crippen molar-refractivity contribution in [2.45, 2.75) is 37.0 Å². The minimum absolute atomic E-state index is 0.105. The number of piperidine rings is 2. The van der Waals surface area contributed by atoms with Crippen molar-refractivity contribution >= 4 is 10.0 Å². The molecule has 0 spiro atoms. The number of hydrogen-bond acceptors (Lipinski definition) is 4. The molecule has 2 N–H and O–H groups in total. The quantitative estimate of drug-likeness (QED) is 0.735. The zero-order valence-electron chi connectivity index (χ0n) is 10.5. The largest absolute Gasteiger partial charge is 0.317 e. The van der Waals surface area contributed by atoms with Gasteiger partial charge in [-0.05, 0) is 52.4 Å². The molecule has 1 unspecified atom stereocenters. The van der Waals surface area contributed by atoms with Crippen LogP contribution in [0.2, 0.25) is 0 Å². The molecule has 2 rings (SSSR count). The molecule has 0 aromatic rings. The highest BCUT2D eigenvalue weighted by atomic mass is 32.2. The van der Waals surface area contributed by atoms with Crippen molar-refractivity contribution in [1.29, 1.82) is 0 Å². The van der Waals surface area contributed by atoms with Crippen molar-refractivity contribution in [3.8, 4) is 0 Å². The van der Waals surface area contributed by atoms with Crippen LogP contribution in [0.3, 0.4) is 0 Å². The van der Waals surface area contributed by atoms with Gasteiger partial charge in [-0.15, -0.1) is 0 Å². The number of hydrogen-bond donors (Lipinski definition) is 2. The fourth-order valence-corrected chi connectivity index (χ4v) is 4.40. The lowest BCUT2D eigenvalue weighted by Crippen LogP contribution is -2.50. The molecular weight excluding hydrogens is 238 g/mol. The summed E-state index contributed by atoms with van der Waals surface area (Å²) in [6.07, 6.45) is 3.51. The minimum atomic E-state index is -3.12. The molecule has 0 aliphatic carbocycles. The highest BCUT2D eigenvalue weighted by molar-refractivity contribution is 7.90. The fraction of sp³-hybridized carbons (Fsp3) is 1.00. The molecule has 0 saturated carbocycles. The molecule has 17 heavy (non-hydrogen) atoms. The zero-order chi connectivity index (χ0) is 12.3. The van der Waals surface area contributed by atoms with Crippen LogP contribution in [0.25, 0.3) is 0 Å². The molecule has 0 aromatic carbocycles. The number of nitrogens with zero attached hydrogens (tertiary/aromatic N) is 1. The second-order valence-electron chi connectivity index (χ2n) is 5.21. The SMILES string of the molecule is CN1CCCC(NS(=O)(=O)C2CCNCC2)C1. The molecule has 6 heteroatoms. The van der Waals surface area contributed by atoms with Gasteiger partial charge in [0.2, 0.25) is 10.0 Å². The van der Waals surface area contributed by atoms with Crippen LogP contribution in [-0.4, -0.2) is 57.8 Å². The molecule has 2 aliphatic rings. The number of likely N-dealkylation sites (N-methyl/N-ethyl adjacent to an activating group) is 1. The molecule has 100 valence electrons. The third-order valence-electron chi connectivity index (χ3n) is 3.68. The third-order valence-corrected chi connectivity index (χ3v) is 5.69. The molecule has 2 heterocycles. The van der Waals surface area contributed by atoms with Crippen LogP contribution >= 0.6 is 0 Å². The Balaban J connectivity index is 1.91. The topological polar surface area (TPSA) is 61.4 Å². The summed E-state index contributed by atoms with van der Waals surface area (Å²) in [6.45, 7) is 3.54. The van der Waals surface area contributed by atoms with Crippen LogP contribution in [0.5, 0.6) is 0 Å². The molecule has 0 amide bonds. The lowest BCUT2D eigenvalue weighted by atomic mass is 10.1. The first kappa shape index (κ1) is 13.3. The number of nitrogens with one attached hydrogen (secondary N) is 2. The van der Waals surface area contributed by atoms with E-state index in [2.05, 4.69) is 14.9 Å². The smallest absolute Gasteiger partial charge is 0.214 e. The summed E-state index contributed by atoms with van der Waals surface area (Å²) in [5.41, 5.74) is 0. The van der Waals surface area contributed by atoms with Gasteiger partial charge >= 0.3 is 0 Å². The van der Waals surface area contributed by atoms with Gasteiger partial charge in [-0.2, -0.15) is 0 Å². The first-order valence-corrected chi connectivity index (χ1v) is 8.03. The van der Waals surface area contributed by atoms with E-state index in [0.29, 0.717) is 0 Å². The second kappa shape index (κ2) is 5.65. The molecule has 1 atom stereocenters. The van der Waals surface area contributed by atoms with Gasteiger partial charge in [0, 0.05) is 12.6 Å². The Hall–Kier alpha value is -0.170. The number of rotatable bonds is 3. The Morgan fingerprint density at radius 1 is 1.24 bits per heavy atom. The number of sulfonamides is 1. The van der Waals surface area contributed by atoms with Gasteiger partial charge in [0.25, 0.3) is 0 Å². The average Bonchev–Trinajstić information content (AvgIpc) is 2.29. The summed E-state index contributed by atoms with van der Waals surface area (Å²) in [5, 5.41) is 3.00. The minimum Gasteiger partial charge on any atom is -0.317 e. The fourth-order valence-electron chi connectivity index (χ4n) is 2.70. The Bertz CT molecular complexity index is 339. The molecule has 2 aliphatic heterocycles. The molecule has 0 bridgehead atoms. The Labute approximate surface area is 104 Å². The molecule has 2 saturated heterocycles. The predicted octanol–water partition coefficient (Wildman–Crippen LogP) is -0.248. The Kier molecular flexibility index (Phi) is 4.41. The van der Waals surface area contributed by atoms with Gasteiger partial charge in [-0.3, -0.25) is 0 Å². The van der Waals surface area contributed by atoms with Crippen molar-refractivity contribution in [3.05, 3.63) is 0 Å². The van der Waals surface area contributed by atoms with Crippen molar-refractivity contribution in [2.24, 2.45) is 0 Å². The van der Waals surface area contributed by atoms with E-state index in [0.717, 1.165) is 51.9 Å². The van der Waals surface area contributed by atoms with Gasteiger partial charge in [0.1, 0.15) is 0 Å². The van der Waals surface area contributed by atoms with Gasteiger partial charge in [0.05, 0.1) is 5.25 Å². The maximum Gasteiger partial charge on any atom is 0.214 e. The molecule has 2 fully saturated rings. The summed E-state index contributed by atoms with van der Waals surface area (Å²) in [4.78, 5) is 2.19. The second-order valence-corrected chi connectivity index (χ2v) is 7.21. The normalized spacial score (nSPS) is 29.4. The van der Waals surface area contributed by atoms with Crippen LogP contribution in [0.1, 0.15) is 25.7 Å². The van der Waals surface area contributed by atoms with Crippen LogP contribution in [0.4, 0.5) is 0 Å². The van der Waals surface area contributed by atoms with E-state index in [1.807, 2.05) is 7.05 Å². The van der Waals surface area contributed by atoms with Crippen LogP contribution in [0.15, 0.2) is 0 Å². The first-order valence-electron chi connectivity index (χ1n) is 6.48. The molecule has 0 aromatic heterocycles. The van der Waals surface area contributed by atoms with E-state index in [9.17, 15) is 8.42 Å². The van der Waals surface area contributed by atoms with Crippen molar-refractivity contribution in [3.63, 3.8) is 0 Å². The maximum atomic E-state index is 12.2. The molecule has 0 radical (unpaired) electrons. The maximum absolute atomic E-state index is 12.2. The first-order chi connectivity index (χ1) is 8.08. The van der Waals surface area contributed by atoms with E-state index in [-0.39, 0.29) is 11.3 Å². The lowest BCUT2D eigenvalue weighted by Gasteiger charge is -2.32. The van der Waals surface area contributed by atoms with Crippen LogP contribution in [0, 0.1) is 0 Å². The van der Waals surface area contributed by atoms with E-state index >= 15 is 0 Å². The van der Waals surface area contributed by atoms with Crippen molar-refractivity contribution in [2.75, 3.05) is 33.2 Å². The van der Waals surface area contributed by atoms with E-state index in [1.165, 1.54) is 0 Å².